The van der Waals surface area contributed by atoms with E-state index in [0.717, 1.165) is 27.8 Å². The second-order valence-corrected chi connectivity index (χ2v) is 11.1. The van der Waals surface area contributed by atoms with Gasteiger partial charge in [-0.25, -0.2) is 0 Å². The molecule has 0 radical (unpaired) electrons. The van der Waals surface area contributed by atoms with Crippen LogP contribution in [0.2, 0.25) is 20.1 Å². The molecule has 38 heavy (non-hydrogen) atoms. The number of imide groups is 1. The Morgan fingerprint density at radius 3 is 2.32 bits per heavy atom. The van der Waals surface area contributed by atoms with Gasteiger partial charge in [-0.05, 0) is 84.8 Å². The molecule has 3 aromatic rings. The number of ether oxygens (including phenoxy) is 1. The van der Waals surface area contributed by atoms with E-state index in [1.54, 1.807) is 36.4 Å². The van der Waals surface area contributed by atoms with Crippen LogP contribution < -0.4 is 10.1 Å². The molecule has 1 fully saturated rings. The Balaban J connectivity index is 1.44. The lowest BCUT2D eigenvalue weighted by Gasteiger charge is -2.13. The van der Waals surface area contributed by atoms with Gasteiger partial charge in [0.05, 0.1) is 15.0 Å². The first-order valence-electron chi connectivity index (χ1n) is 11.2. The Labute approximate surface area is 243 Å². The number of amides is 3. The summed E-state index contributed by atoms with van der Waals surface area (Å²) in [6.07, 6.45) is 1.49. The molecule has 6 nitrogen and oxygen atoms in total. The third kappa shape index (κ3) is 6.65. The highest BCUT2D eigenvalue weighted by Gasteiger charge is 2.36. The van der Waals surface area contributed by atoms with Crippen LogP contribution >= 0.6 is 58.2 Å². The molecule has 0 atom stereocenters. The average molecular weight is 610 g/mol. The van der Waals surface area contributed by atoms with Crippen LogP contribution in [0.25, 0.3) is 6.08 Å². The smallest absolute Gasteiger partial charge is 0.294 e. The van der Waals surface area contributed by atoms with E-state index in [1.165, 1.54) is 6.08 Å². The molecular weight excluding hydrogens is 590 g/mol. The van der Waals surface area contributed by atoms with Gasteiger partial charge in [-0.1, -0.05) is 58.5 Å². The first-order valence-corrected chi connectivity index (χ1v) is 13.5. The van der Waals surface area contributed by atoms with Crippen molar-refractivity contribution in [2.24, 2.45) is 0 Å². The van der Waals surface area contributed by atoms with Gasteiger partial charge in [-0.2, -0.15) is 0 Å². The molecule has 0 unspecified atom stereocenters. The first kappa shape index (κ1) is 28.3. The minimum Gasteiger partial charge on any atom is -0.486 e. The Kier molecular flexibility index (Phi) is 8.96. The Morgan fingerprint density at radius 1 is 0.947 bits per heavy atom. The highest BCUT2D eigenvalue weighted by molar-refractivity contribution is 8.18. The van der Waals surface area contributed by atoms with Gasteiger partial charge in [0.1, 0.15) is 13.2 Å². The van der Waals surface area contributed by atoms with Crippen LogP contribution in [0.4, 0.5) is 10.5 Å². The summed E-state index contributed by atoms with van der Waals surface area (Å²) in [4.78, 5) is 38.9. The number of hydrogen-bond acceptors (Lipinski definition) is 5. The summed E-state index contributed by atoms with van der Waals surface area (Å²) in [6.45, 7) is 3.60. The molecule has 4 rings (SSSR count). The van der Waals surface area contributed by atoms with Gasteiger partial charge in [0.15, 0.2) is 5.75 Å². The Morgan fingerprint density at radius 2 is 1.66 bits per heavy atom. The quantitative estimate of drug-likeness (QED) is 0.273. The second kappa shape index (κ2) is 12.0. The summed E-state index contributed by atoms with van der Waals surface area (Å²) in [5.74, 6) is -0.821. The van der Waals surface area contributed by atoms with E-state index >= 15 is 0 Å². The van der Waals surface area contributed by atoms with Crippen LogP contribution in [0.3, 0.4) is 0 Å². The van der Waals surface area contributed by atoms with Crippen molar-refractivity contribution in [3.8, 4) is 5.75 Å². The summed E-state index contributed by atoms with van der Waals surface area (Å²) in [5.41, 5.74) is 3.87. The molecule has 196 valence electrons. The number of hydrogen-bond donors (Lipinski definition) is 1. The number of benzene rings is 3. The summed E-state index contributed by atoms with van der Waals surface area (Å²) < 4.78 is 5.77. The van der Waals surface area contributed by atoms with Gasteiger partial charge in [0.2, 0.25) is 5.91 Å². The van der Waals surface area contributed by atoms with Crippen LogP contribution in [-0.4, -0.2) is 28.5 Å². The predicted molar refractivity (Wildman–Crippen MR) is 154 cm³/mol. The maximum Gasteiger partial charge on any atom is 0.294 e. The van der Waals surface area contributed by atoms with Gasteiger partial charge in [0, 0.05) is 21.3 Å². The Bertz CT molecular complexity index is 1470. The number of aryl methyl sites for hydroxylation is 2. The number of carbonyl (C=O) groups excluding carboxylic acids is 3. The fourth-order valence-electron chi connectivity index (χ4n) is 3.54. The van der Waals surface area contributed by atoms with Gasteiger partial charge < -0.3 is 10.1 Å². The third-order valence-corrected chi connectivity index (χ3v) is 7.73. The summed E-state index contributed by atoms with van der Waals surface area (Å²) in [6, 6.07) is 13.6. The van der Waals surface area contributed by atoms with Gasteiger partial charge in [-0.15, -0.1) is 0 Å². The second-order valence-electron chi connectivity index (χ2n) is 8.45. The van der Waals surface area contributed by atoms with Crippen molar-refractivity contribution < 1.29 is 19.1 Å². The SMILES string of the molecule is Cc1ccc(NC(=O)CN2C(=O)S/C(=C/c3cc(Cl)c(OCc4ccc(Cl)cc4Cl)c(Cl)c3)C2=O)cc1C. The highest BCUT2D eigenvalue weighted by atomic mass is 35.5. The standard InChI is InChI=1S/C27H20Cl4N2O4S/c1-14-3-6-19(7-15(14)2)32-24(34)12-33-26(35)23(38-27(33)36)10-16-8-21(30)25(22(31)9-16)37-13-17-4-5-18(28)11-20(17)29/h3-11H,12-13H2,1-2H3,(H,32,34)/b23-10+. The van der Waals surface area contributed by atoms with E-state index in [9.17, 15) is 14.4 Å². The molecule has 11 heteroatoms. The van der Waals surface area contributed by atoms with Crippen LogP contribution in [0, 0.1) is 13.8 Å². The van der Waals surface area contributed by atoms with E-state index in [4.69, 9.17) is 51.1 Å². The molecule has 1 N–H and O–H groups in total. The number of nitrogens with zero attached hydrogens (tertiary/aromatic N) is 1. The van der Waals surface area contributed by atoms with Crippen molar-refractivity contribution in [1.29, 1.82) is 0 Å². The number of nitrogens with one attached hydrogen (secondary N) is 1. The minimum atomic E-state index is -0.583. The molecule has 1 saturated heterocycles. The average Bonchev–Trinajstić information content (AvgIpc) is 3.09. The highest BCUT2D eigenvalue weighted by Crippen LogP contribution is 2.38. The molecule has 0 aliphatic carbocycles. The fraction of sp³-hybridized carbons (Fsp3) is 0.148. The zero-order valence-corrected chi connectivity index (χ0v) is 24.0. The molecule has 0 aromatic heterocycles. The van der Waals surface area contributed by atoms with Crippen molar-refractivity contribution in [2.75, 3.05) is 11.9 Å². The summed E-state index contributed by atoms with van der Waals surface area (Å²) in [7, 11) is 0. The molecule has 0 bridgehead atoms. The number of halogens is 4. The zero-order chi connectivity index (χ0) is 27.6. The number of carbonyl (C=O) groups is 3. The third-order valence-electron chi connectivity index (χ3n) is 5.67. The first-order chi connectivity index (χ1) is 18.0. The molecule has 0 saturated carbocycles. The van der Waals surface area contributed by atoms with Crippen LogP contribution in [0.5, 0.6) is 5.75 Å². The minimum absolute atomic E-state index is 0.109. The largest absolute Gasteiger partial charge is 0.486 e. The number of thioether (sulfide) groups is 1. The van der Waals surface area contributed by atoms with E-state index in [-0.39, 0.29) is 27.3 Å². The topological polar surface area (TPSA) is 75.7 Å². The van der Waals surface area contributed by atoms with Gasteiger partial charge in [0.25, 0.3) is 11.1 Å². The monoisotopic (exact) mass is 608 g/mol. The maximum absolute atomic E-state index is 12.9. The van der Waals surface area contributed by atoms with Crippen LogP contribution in [-0.2, 0) is 16.2 Å². The fourth-order valence-corrected chi connectivity index (χ4v) is 5.45. The zero-order valence-electron chi connectivity index (χ0n) is 20.1. The molecule has 1 heterocycles. The number of rotatable bonds is 7. The molecule has 1 aliphatic rings. The normalized spacial score (nSPS) is 14.4. The van der Waals surface area contributed by atoms with Crippen molar-refractivity contribution in [3.63, 3.8) is 0 Å². The lowest BCUT2D eigenvalue weighted by molar-refractivity contribution is -0.127. The van der Waals surface area contributed by atoms with Gasteiger partial charge >= 0.3 is 0 Å². The van der Waals surface area contributed by atoms with Crippen molar-refractivity contribution in [1.82, 2.24) is 4.90 Å². The Hall–Kier alpha value is -2.68. The van der Waals surface area contributed by atoms with E-state index in [0.29, 0.717) is 26.9 Å². The van der Waals surface area contributed by atoms with Crippen molar-refractivity contribution >= 4 is 87.0 Å². The van der Waals surface area contributed by atoms with E-state index in [2.05, 4.69) is 5.32 Å². The lowest BCUT2D eigenvalue weighted by Crippen LogP contribution is -2.36. The molecule has 3 aromatic carbocycles. The molecule has 3 amide bonds. The maximum atomic E-state index is 12.9. The van der Waals surface area contributed by atoms with Gasteiger partial charge in [-0.3, -0.25) is 19.3 Å². The molecule has 0 spiro atoms. The van der Waals surface area contributed by atoms with Crippen LogP contribution in [0.1, 0.15) is 22.3 Å². The van der Waals surface area contributed by atoms with Crippen molar-refractivity contribution in [2.45, 2.75) is 20.5 Å². The lowest BCUT2D eigenvalue weighted by atomic mass is 10.1. The molecular formula is C27H20Cl4N2O4S. The van der Waals surface area contributed by atoms with Crippen LogP contribution in [0.15, 0.2) is 53.4 Å². The predicted octanol–water partition coefficient (Wildman–Crippen LogP) is 8.17. The summed E-state index contributed by atoms with van der Waals surface area (Å²) >= 11 is 25.6. The van der Waals surface area contributed by atoms with E-state index < -0.39 is 23.6 Å². The number of anilines is 1. The summed E-state index contributed by atoms with van der Waals surface area (Å²) in [5, 5.41) is 3.54. The van der Waals surface area contributed by atoms with E-state index in [1.807, 2.05) is 26.0 Å². The molecule has 1 aliphatic heterocycles. The van der Waals surface area contributed by atoms with Crippen molar-refractivity contribution in [3.05, 3.63) is 95.8 Å².